The zero-order valence-electron chi connectivity index (χ0n) is 9.67. The highest BCUT2D eigenvalue weighted by Crippen LogP contribution is 2.35. The molecule has 1 aromatic carbocycles. The van der Waals surface area contributed by atoms with E-state index in [4.69, 9.17) is 17.3 Å². The molecule has 0 aliphatic carbocycles. The van der Waals surface area contributed by atoms with Crippen LogP contribution in [0.15, 0.2) is 23.1 Å². The fourth-order valence-corrected chi connectivity index (χ4v) is 2.61. The Balaban J connectivity index is 3.09. The van der Waals surface area contributed by atoms with Crippen LogP contribution in [0.2, 0.25) is 5.02 Å². The van der Waals surface area contributed by atoms with Gasteiger partial charge in [-0.05, 0) is 31.2 Å². The van der Waals surface area contributed by atoms with Gasteiger partial charge in [-0.3, -0.25) is 0 Å². The van der Waals surface area contributed by atoms with E-state index in [0.717, 1.165) is 12.1 Å². The molecule has 0 heterocycles. The Labute approximate surface area is 113 Å². The van der Waals surface area contributed by atoms with Crippen molar-refractivity contribution in [2.24, 2.45) is 5.73 Å². The van der Waals surface area contributed by atoms with Gasteiger partial charge >= 0.3 is 6.18 Å². The van der Waals surface area contributed by atoms with Crippen molar-refractivity contribution in [3.63, 3.8) is 0 Å². The number of benzene rings is 1. The molecule has 19 heavy (non-hydrogen) atoms. The SMILES string of the molecule is NCCCNS(=O)(=O)c1ccc(Cl)c(C(F)(F)F)c1. The molecule has 9 heteroatoms. The molecule has 0 radical (unpaired) electrons. The maximum absolute atomic E-state index is 12.6. The fourth-order valence-electron chi connectivity index (χ4n) is 1.28. The van der Waals surface area contributed by atoms with Crippen molar-refractivity contribution >= 4 is 21.6 Å². The second-order valence-electron chi connectivity index (χ2n) is 3.68. The molecule has 0 amide bonds. The first-order valence-corrected chi connectivity index (χ1v) is 7.11. The third-order valence-electron chi connectivity index (χ3n) is 2.23. The lowest BCUT2D eigenvalue weighted by Crippen LogP contribution is -2.26. The number of nitrogens with one attached hydrogen (secondary N) is 1. The number of alkyl halides is 3. The quantitative estimate of drug-likeness (QED) is 0.816. The van der Waals surface area contributed by atoms with Crippen LogP contribution in [-0.4, -0.2) is 21.5 Å². The molecule has 108 valence electrons. The van der Waals surface area contributed by atoms with Crippen LogP contribution in [0, 0.1) is 0 Å². The van der Waals surface area contributed by atoms with E-state index >= 15 is 0 Å². The Morgan fingerprint density at radius 2 is 1.95 bits per heavy atom. The second-order valence-corrected chi connectivity index (χ2v) is 5.85. The van der Waals surface area contributed by atoms with Gasteiger partial charge in [-0.25, -0.2) is 13.1 Å². The van der Waals surface area contributed by atoms with Crippen LogP contribution >= 0.6 is 11.6 Å². The van der Waals surface area contributed by atoms with Crippen LogP contribution in [-0.2, 0) is 16.2 Å². The van der Waals surface area contributed by atoms with E-state index in [-0.39, 0.29) is 13.1 Å². The van der Waals surface area contributed by atoms with E-state index in [9.17, 15) is 21.6 Å². The summed E-state index contributed by atoms with van der Waals surface area (Å²) in [7, 11) is -4.00. The number of rotatable bonds is 5. The number of hydrogen-bond acceptors (Lipinski definition) is 3. The topological polar surface area (TPSA) is 72.2 Å². The monoisotopic (exact) mass is 316 g/mol. The van der Waals surface area contributed by atoms with Crippen molar-refractivity contribution < 1.29 is 21.6 Å². The zero-order valence-corrected chi connectivity index (χ0v) is 11.2. The Hall–Kier alpha value is -0.830. The van der Waals surface area contributed by atoms with Gasteiger partial charge in [-0.1, -0.05) is 11.6 Å². The van der Waals surface area contributed by atoms with Crippen molar-refractivity contribution in [1.82, 2.24) is 4.72 Å². The van der Waals surface area contributed by atoms with E-state index in [1.165, 1.54) is 0 Å². The highest BCUT2D eigenvalue weighted by molar-refractivity contribution is 7.89. The lowest BCUT2D eigenvalue weighted by molar-refractivity contribution is -0.137. The molecule has 0 aliphatic heterocycles. The lowest BCUT2D eigenvalue weighted by atomic mass is 10.2. The molecular formula is C10H12ClF3N2O2S. The molecule has 0 unspecified atom stereocenters. The van der Waals surface area contributed by atoms with Crippen molar-refractivity contribution in [2.45, 2.75) is 17.5 Å². The van der Waals surface area contributed by atoms with Gasteiger partial charge in [0.2, 0.25) is 10.0 Å². The third kappa shape index (κ3) is 4.34. The molecular weight excluding hydrogens is 305 g/mol. The van der Waals surface area contributed by atoms with Crippen LogP contribution < -0.4 is 10.5 Å². The lowest BCUT2D eigenvalue weighted by Gasteiger charge is -2.11. The number of halogens is 4. The van der Waals surface area contributed by atoms with Gasteiger partial charge in [0.05, 0.1) is 15.5 Å². The average molecular weight is 317 g/mol. The Morgan fingerprint density at radius 3 is 2.47 bits per heavy atom. The summed E-state index contributed by atoms with van der Waals surface area (Å²) < 4.78 is 63.4. The summed E-state index contributed by atoms with van der Waals surface area (Å²) in [5.41, 5.74) is 4.01. The van der Waals surface area contributed by atoms with Gasteiger partial charge in [0, 0.05) is 6.54 Å². The standard InChI is InChI=1S/C10H12ClF3N2O2S/c11-9-3-2-7(6-8(9)10(12,13)14)19(17,18)16-5-1-4-15/h2-3,6,16H,1,4-5,15H2. The maximum atomic E-state index is 12.6. The molecule has 0 fully saturated rings. The largest absolute Gasteiger partial charge is 0.417 e. The van der Waals surface area contributed by atoms with Gasteiger partial charge in [-0.15, -0.1) is 0 Å². The predicted molar refractivity (Wildman–Crippen MR) is 65.3 cm³/mol. The van der Waals surface area contributed by atoms with Crippen molar-refractivity contribution in [2.75, 3.05) is 13.1 Å². The van der Waals surface area contributed by atoms with Gasteiger partial charge in [0.25, 0.3) is 0 Å². The minimum absolute atomic E-state index is 0.0583. The van der Waals surface area contributed by atoms with Crippen LogP contribution in [0.3, 0.4) is 0 Å². The Morgan fingerprint density at radius 1 is 1.32 bits per heavy atom. The molecule has 1 aromatic rings. The minimum atomic E-state index is -4.71. The molecule has 0 spiro atoms. The van der Waals surface area contributed by atoms with Crippen LogP contribution in [0.25, 0.3) is 0 Å². The van der Waals surface area contributed by atoms with Gasteiger partial charge in [-0.2, -0.15) is 13.2 Å². The van der Waals surface area contributed by atoms with E-state index < -0.39 is 31.7 Å². The van der Waals surface area contributed by atoms with Crippen molar-refractivity contribution in [1.29, 1.82) is 0 Å². The second kappa shape index (κ2) is 6.08. The Kier molecular flexibility index (Phi) is 5.19. The van der Waals surface area contributed by atoms with Gasteiger partial charge < -0.3 is 5.73 Å². The summed E-state index contributed by atoms with van der Waals surface area (Å²) in [6.07, 6.45) is -4.32. The van der Waals surface area contributed by atoms with E-state index in [1.807, 2.05) is 0 Å². The average Bonchev–Trinajstić information content (AvgIpc) is 2.27. The summed E-state index contributed by atoms with van der Waals surface area (Å²) in [5.74, 6) is 0. The molecule has 0 aromatic heterocycles. The molecule has 0 bridgehead atoms. The molecule has 0 saturated heterocycles. The number of sulfonamides is 1. The van der Waals surface area contributed by atoms with Gasteiger partial charge in [0.15, 0.2) is 0 Å². The molecule has 0 aliphatic rings. The maximum Gasteiger partial charge on any atom is 0.417 e. The summed E-state index contributed by atoms with van der Waals surface area (Å²) in [6.45, 7) is 0.333. The first kappa shape index (κ1) is 16.2. The first-order chi connectivity index (χ1) is 8.68. The van der Waals surface area contributed by atoms with Crippen LogP contribution in [0.4, 0.5) is 13.2 Å². The summed E-state index contributed by atoms with van der Waals surface area (Å²) >= 11 is 5.41. The normalized spacial score (nSPS) is 12.7. The van der Waals surface area contributed by atoms with Crippen molar-refractivity contribution in [3.05, 3.63) is 28.8 Å². The highest BCUT2D eigenvalue weighted by atomic mass is 35.5. The molecule has 0 saturated carbocycles. The molecule has 0 atom stereocenters. The Bertz CT molecular complexity index is 546. The molecule has 4 nitrogen and oxygen atoms in total. The van der Waals surface area contributed by atoms with Crippen LogP contribution in [0.5, 0.6) is 0 Å². The summed E-state index contributed by atoms with van der Waals surface area (Å²) in [5, 5.41) is -0.548. The molecule has 1 rings (SSSR count). The van der Waals surface area contributed by atoms with E-state index in [2.05, 4.69) is 4.72 Å². The van der Waals surface area contributed by atoms with E-state index in [1.54, 1.807) is 0 Å². The van der Waals surface area contributed by atoms with Crippen molar-refractivity contribution in [3.8, 4) is 0 Å². The number of hydrogen-bond donors (Lipinski definition) is 2. The summed E-state index contributed by atoms with van der Waals surface area (Å²) in [4.78, 5) is -0.485. The first-order valence-electron chi connectivity index (χ1n) is 5.25. The minimum Gasteiger partial charge on any atom is -0.330 e. The van der Waals surface area contributed by atoms with Gasteiger partial charge in [0.1, 0.15) is 0 Å². The number of nitrogens with two attached hydrogens (primary N) is 1. The van der Waals surface area contributed by atoms with Crippen LogP contribution in [0.1, 0.15) is 12.0 Å². The smallest absolute Gasteiger partial charge is 0.330 e. The molecule has 3 N–H and O–H groups in total. The predicted octanol–water partition coefficient (Wildman–Crippen LogP) is 1.99. The zero-order chi connectivity index (χ0) is 14.7. The fraction of sp³-hybridized carbons (Fsp3) is 0.400. The van der Waals surface area contributed by atoms with E-state index in [0.29, 0.717) is 12.5 Å². The summed E-state index contributed by atoms with van der Waals surface area (Å²) in [6, 6.07) is 2.43. The highest BCUT2D eigenvalue weighted by Gasteiger charge is 2.34. The third-order valence-corrected chi connectivity index (χ3v) is 4.01.